The average molecular weight is 731 g/mol. The first-order valence-corrected chi connectivity index (χ1v) is 19.5. The fraction of sp³-hybridized carbons (Fsp3) is 0.0182. The predicted octanol–water partition coefficient (Wildman–Crippen LogP) is 15.6. The molecule has 0 amide bonds. The van der Waals surface area contributed by atoms with Crippen LogP contribution in [0.25, 0.3) is 45.2 Å². The summed E-state index contributed by atoms with van der Waals surface area (Å²) >= 11 is 0. The Morgan fingerprint density at radius 3 is 1.14 bits per heavy atom. The maximum absolute atomic E-state index is 2.34. The van der Waals surface area contributed by atoms with Crippen LogP contribution in [-0.2, 0) is 0 Å². The summed E-state index contributed by atoms with van der Waals surface area (Å²) in [5.41, 5.74) is 15.1. The van der Waals surface area contributed by atoms with Crippen LogP contribution in [0.3, 0.4) is 0 Å². The quantitative estimate of drug-likeness (QED) is 0.129. The molecular formula is C55H42N2. The molecule has 0 saturated heterocycles. The van der Waals surface area contributed by atoms with E-state index in [2.05, 4.69) is 253 Å². The summed E-state index contributed by atoms with van der Waals surface area (Å²) in [7, 11) is 0. The van der Waals surface area contributed by atoms with Gasteiger partial charge >= 0.3 is 0 Å². The Bertz CT molecular complexity index is 2710. The topological polar surface area (TPSA) is 6.48 Å². The Kier molecular flexibility index (Phi) is 9.99. The van der Waals surface area contributed by atoms with Crippen LogP contribution in [-0.4, -0.2) is 0 Å². The van der Waals surface area contributed by atoms with Crippen LogP contribution in [0.4, 0.5) is 34.1 Å². The first-order chi connectivity index (χ1) is 28.1. The second kappa shape index (κ2) is 16.1. The third-order valence-electron chi connectivity index (χ3n) is 10.5. The molecule has 0 aliphatic heterocycles. The normalized spacial score (nSPS) is 11.2. The van der Waals surface area contributed by atoms with Crippen LogP contribution >= 0.6 is 0 Å². The van der Waals surface area contributed by atoms with E-state index in [4.69, 9.17) is 0 Å². The number of aryl methyl sites for hydroxylation is 1. The highest BCUT2D eigenvalue weighted by Crippen LogP contribution is 2.38. The maximum atomic E-state index is 2.34. The number of para-hydroxylation sites is 2. The zero-order valence-corrected chi connectivity index (χ0v) is 31.9. The third-order valence-corrected chi connectivity index (χ3v) is 10.5. The average Bonchev–Trinajstić information content (AvgIpc) is 3.27. The highest BCUT2D eigenvalue weighted by atomic mass is 15.1. The maximum Gasteiger partial charge on any atom is 0.0468 e. The molecule has 0 unspecified atom stereocenters. The van der Waals surface area contributed by atoms with Crippen molar-refractivity contribution in [1.82, 2.24) is 0 Å². The minimum absolute atomic E-state index is 1.12. The molecule has 57 heavy (non-hydrogen) atoms. The predicted molar refractivity (Wildman–Crippen MR) is 244 cm³/mol. The summed E-state index contributed by atoms with van der Waals surface area (Å²) < 4.78 is 0. The van der Waals surface area contributed by atoms with E-state index in [0.717, 1.165) is 34.1 Å². The van der Waals surface area contributed by atoms with Crippen LogP contribution in [0, 0.1) is 6.92 Å². The molecule has 0 fully saturated rings. The Balaban J connectivity index is 0.885. The number of hydrogen-bond donors (Lipinski definition) is 0. The van der Waals surface area contributed by atoms with Crippen molar-refractivity contribution in [2.45, 2.75) is 6.92 Å². The summed E-state index contributed by atoms with van der Waals surface area (Å²) in [6, 6.07) is 80.3. The van der Waals surface area contributed by atoms with E-state index in [9.17, 15) is 0 Å². The number of rotatable bonds is 10. The van der Waals surface area contributed by atoms with E-state index in [1.165, 1.54) is 49.7 Å². The Labute approximate surface area is 335 Å². The van der Waals surface area contributed by atoms with Crippen molar-refractivity contribution in [2.75, 3.05) is 9.80 Å². The van der Waals surface area contributed by atoms with Crippen LogP contribution in [0.15, 0.2) is 224 Å². The van der Waals surface area contributed by atoms with Crippen molar-refractivity contribution in [3.05, 3.63) is 241 Å². The molecular weight excluding hydrogens is 689 g/mol. The third kappa shape index (κ3) is 7.89. The van der Waals surface area contributed by atoms with E-state index in [0.29, 0.717) is 0 Å². The lowest BCUT2D eigenvalue weighted by Gasteiger charge is -2.26. The Morgan fingerprint density at radius 1 is 0.281 bits per heavy atom. The largest absolute Gasteiger partial charge is 0.311 e. The van der Waals surface area contributed by atoms with Gasteiger partial charge in [0.2, 0.25) is 0 Å². The highest BCUT2D eigenvalue weighted by Gasteiger charge is 2.14. The van der Waals surface area contributed by atoms with E-state index in [-0.39, 0.29) is 0 Å². The monoisotopic (exact) mass is 730 g/mol. The molecule has 2 nitrogen and oxygen atoms in total. The molecule has 9 rings (SSSR count). The van der Waals surface area contributed by atoms with Crippen molar-refractivity contribution in [1.29, 1.82) is 0 Å². The summed E-state index contributed by atoms with van der Waals surface area (Å²) in [6.45, 7) is 2.15. The molecule has 0 heterocycles. The Hall–Kier alpha value is -7.42. The second-order valence-electron chi connectivity index (χ2n) is 14.4. The summed E-state index contributed by atoms with van der Waals surface area (Å²) in [4.78, 5) is 4.63. The van der Waals surface area contributed by atoms with Gasteiger partial charge in [-0.3, -0.25) is 0 Å². The van der Waals surface area contributed by atoms with E-state index in [1.54, 1.807) is 0 Å². The zero-order chi connectivity index (χ0) is 38.4. The number of benzene rings is 9. The van der Waals surface area contributed by atoms with Gasteiger partial charge in [0.15, 0.2) is 0 Å². The van der Waals surface area contributed by atoms with Gasteiger partial charge < -0.3 is 9.80 Å². The standard InChI is InChI=1S/C55H42N2/c1-41-11-10-18-54(39-41)57(55-38-33-44-12-8-9-13-49(44)40-55)53-36-31-48(32-37-53)46-27-23-43(24-28-46)20-19-42-21-25-45(26-22-42)47-29-34-52(35-30-47)56(50-14-4-2-5-15-50)51-16-6-3-7-17-51/h2-40H,1H3/b20-19+. The van der Waals surface area contributed by atoms with Crippen molar-refractivity contribution < 1.29 is 0 Å². The van der Waals surface area contributed by atoms with Gasteiger partial charge in [-0.2, -0.15) is 0 Å². The van der Waals surface area contributed by atoms with Gasteiger partial charge in [0.1, 0.15) is 0 Å². The fourth-order valence-electron chi connectivity index (χ4n) is 7.50. The van der Waals surface area contributed by atoms with Gasteiger partial charge in [-0.1, -0.05) is 164 Å². The minimum atomic E-state index is 1.12. The Morgan fingerprint density at radius 2 is 0.649 bits per heavy atom. The molecule has 272 valence electrons. The lowest BCUT2D eigenvalue weighted by atomic mass is 10.0. The van der Waals surface area contributed by atoms with E-state index >= 15 is 0 Å². The molecule has 0 aromatic heterocycles. The van der Waals surface area contributed by atoms with Crippen molar-refractivity contribution in [3.8, 4) is 22.3 Å². The van der Waals surface area contributed by atoms with Gasteiger partial charge in [0, 0.05) is 34.1 Å². The van der Waals surface area contributed by atoms with Crippen LogP contribution in [0.5, 0.6) is 0 Å². The van der Waals surface area contributed by atoms with Gasteiger partial charge in [0.05, 0.1) is 0 Å². The molecule has 0 N–H and O–H groups in total. The molecule has 0 aliphatic rings. The van der Waals surface area contributed by atoms with Gasteiger partial charge in [-0.15, -0.1) is 0 Å². The van der Waals surface area contributed by atoms with Crippen LogP contribution < -0.4 is 9.80 Å². The molecule has 9 aromatic rings. The van der Waals surface area contributed by atoms with Crippen molar-refractivity contribution in [3.63, 3.8) is 0 Å². The van der Waals surface area contributed by atoms with Gasteiger partial charge in [-0.05, 0) is 129 Å². The lowest BCUT2D eigenvalue weighted by Crippen LogP contribution is -2.10. The van der Waals surface area contributed by atoms with E-state index in [1.807, 2.05) is 0 Å². The molecule has 0 radical (unpaired) electrons. The van der Waals surface area contributed by atoms with E-state index < -0.39 is 0 Å². The molecule has 0 saturated carbocycles. The van der Waals surface area contributed by atoms with Gasteiger partial charge in [0.25, 0.3) is 0 Å². The molecule has 0 spiro atoms. The molecule has 0 bridgehead atoms. The van der Waals surface area contributed by atoms with Gasteiger partial charge in [-0.25, -0.2) is 0 Å². The first kappa shape index (κ1) is 35.3. The molecule has 0 atom stereocenters. The van der Waals surface area contributed by atoms with Crippen molar-refractivity contribution in [2.24, 2.45) is 0 Å². The number of fused-ring (bicyclic) bond motifs is 1. The lowest BCUT2D eigenvalue weighted by molar-refractivity contribution is 1.28. The highest BCUT2D eigenvalue weighted by molar-refractivity contribution is 5.89. The number of nitrogens with zero attached hydrogens (tertiary/aromatic N) is 2. The van der Waals surface area contributed by atoms with Crippen molar-refractivity contribution >= 4 is 57.0 Å². The molecule has 9 aromatic carbocycles. The first-order valence-electron chi connectivity index (χ1n) is 19.5. The summed E-state index contributed by atoms with van der Waals surface area (Å²) in [5.74, 6) is 0. The molecule has 0 aliphatic carbocycles. The smallest absolute Gasteiger partial charge is 0.0468 e. The number of hydrogen-bond acceptors (Lipinski definition) is 2. The minimum Gasteiger partial charge on any atom is -0.311 e. The number of anilines is 6. The fourth-order valence-corrected chi connectivity index (χ4v) is 7.50. The molecule has 2 heteroatoms. The summed E-state index contributed by atoms with van der Waals surface area (Å²) in [6.07, 6.45) is 4.36. The SMILES string of the molecule is Cc1cccc(N(c2ccc(-c3ccc(/C=C/c4ccc(-c5ccc(N(c6ccccc6)c6ccccc6)cc5)cc4)cc3)cc2)c2ccc3ccccc3c2)c1. The summed E-state index contributed by atoms with van der Waals surface area (Å²) in [5, 5.41) is 2.47. The van der Waals surface area contributed by atoms with Crippen LogP contribution in [0.2, 0.25) is 0 Å². The zero-order valence-electron chi connectivity index (χ0n) is 31.9. The van der Waals surface area contributed by atoms with Crippen LogP contribution in [0.1, 0.15) is 16.7 Å². The second-order valence-corrected chi connectivity index (χ2v) is 14.4.